The van der Waals surface area contributed by atoms with Gasteiger partial charge in [-0.3, -0.25) is 4.98 Å². The molecule has 1 N–H and O–H groups in total. The van der Waals surface area contributed by atoms with Gasteiger partial charge in [0.25, 0.3) is 0 Å². The van der Waals surface area contributed by atoms with Crippen molar-refractivity contribution >= 4 is 22.2 Å². The quantitative estimate of drug-likeness (QED) is 0.697. The number of thiazole rings is 1. The maximum absolute atomic E-state index is 4.12. The van der Waals surface area contributed by atoms with E-state index in [0.717, 1.165) is 19.5 Å². The molecule has 0 bridgehead atoms. The molecule has 104 valence electrons. The van der Waals surface area contributed by atoms with Crippen molar-refractivity contribution in [2.75, 3.05) is 6.54 Å². The van der Waals surface area contributed by atoms with E-state index in [0.29, 0.717) is 6.04 Å². The van der Waals surface area contributed by atoms with Crippen molar-refractivity contribution in [3.05, 3.63) is 53.1 Å². The summed E-state index contributed by atoms with van der Waals surface area (Å²) in [5.74, 6) is 0. The fourth-order valence-corrected chi connectivity index (χ4v) is 3.10. The Hall–Kier alpha value is -1.65. The number of hydrogen-bond donors (Lipinski definition) is 1. The maximum atomic E-state index is 4.12. The topological polar surface area (TPSA) is 29.9 Å². The molecule has 0 radical (unpaired) electrons. The number of rotatable bonds is 6. The van der Waals surface area contributed by atoms with Crippen LogP contribution in [0, 0.1) is 0 Å². The number of aryl methyl sites for hydroxylation is 1. The van der Waals surface area contributed by atoms with Gasteiger partial charge < -0.3 is 9.88 Å². The molecule has 2 heterocycles. The molecule has 3 nitrogen and oxygen atoms in total. The minimum Gasteiger partial charge on any atom is -0.347 e. The number of aromatic nitrogens is 2. The summed E-state index contributed by atoms with van der Waals surface area (Å²) < 4.78 is 2.33. The van der Waals surface area contributed by atoms with Crippen LogP contribution in [0.25, 0.3) is 10.9 Å². The van der Waals surface area contributed by atoms with Crippen LogP contribution in [0.2, 0.25) is 0 Å². The first-order valence-electron chi connectivity index (χ1n) is 7.00. The number of para-hydroxylation sites is 1. The molecule has 1 unspecified atom stereocenters. The van der Waals surface area contributed by atoms with Crippen LogP contribution in [0.5, 0.6) is 0 Å². The summed E-state index contributed by atoms with van der Waals surface area (Å²) in [6, 6.07) is 11.1. The minimum absolute atomic E-state index is 0.393. The van der Waals surface area contributed by atoms with E-state index >= 15 is 0 Å². The molecule has 0 aliphatic carbocycles. The fourth-order valence-electron chi connectivity index (χ4n) is 2.44. The number of hydrogen-bond acceptors (Lipinski definition) is 3. The third-order valence-electron chi connectivity index (χ3n) is 3.58. The molecule has 0 aliphatic heterocycles. The second kappa shape index (κ2) is 6.20. The lowest BCUT2D eigenvalue weighted by Gasteiger charge is -2.12. The van der Waals surface area contributed by atoms with Crippen molar-refractivity contribution in [3.8, 4) is 0 Å². The highest BCUT2D eigenvalue weighted by atomic mass is 32.1. The van der Waals surface area contributed by atoms with Crippen LogP contribution < -0.4 is 5.32 Å². The molecule has 0 amide bonds. The zero-order valence-electron chi connectivity index (χ0n) is 11.6. The zero-order chi connectivity index (χ0) is 13.8. The largest absolute Gasteiger partial charge is 0.347 e. The Labute approximate surface area is 123 Å². The first-order valence-corrected chi connectivity index (χ1v) is 7.88. The molecule has 0 spiro atoms. The smallest absolute Gasteiger partial charge is 0.0794 e. The van der Waals surface area contributed by atoms with Crippen molar-refractivity contribution in [1.82, 2.24) is 14.9 Å². The first kappa shape index (κ1) is 13.3. The van der Waals surface area contributed by atoms with Crippen molar-refractivity contribution in [1.29, 1.82) is 0 Å². The van der Waals surface area contributed by atoms with Crippen molar-refractivity contribution in [3.63, 3.8) is 0 Å². The second-order valence-corrected chi connectivity index (χ2v) is 5.92. The summed E-state index contributed by atoms with van der Waals surface area (Å²) >= 11 is 1.71. The fraction of sp³-hybridized carbons (Fsp3) is 0.312. The van der Waals surface area contributed by atoms with E-state index in [9.17, 15) is 0 Å². The van der Waals surface area contributed by atoms with Gasteiger partial charge in [0.1, 0.15) is 0 Å². The predicted molar refractivity (Wildman–Crippen MR) is 85.1 cm³/mol. The molecular weight excluding hydrogens is 266 g/mol. The Morgan fingerprint density at radius 3 is 3.05 bits per heavy atom. The highest BCUT2D eigenvalue weighted by Crippen LogP contribution is 2.17. The zero-order valence-corrected chi connectivity index (χ0v) is 12.4. The molecule has 0 aliphatic rings. The van der Waals surface area contributed by atoms with Gasteiger partial charge in [0.15, 0.2) is 0 Å². The lowest BCUT2D eigenvalue weighted by Crippen LogP contribution is -2.20. The SMILES string of the molecule is CC(NCCCn1ccc2ccccc21)c1cncs1. The standard InChI is InChI=1S/C16H19N3S/c1-13(16-11-17-12-20-16)18-8-4-9-19-10-7-14-5-2-3-6-15(14)19/h2-3,5-7,10-13,18H,4,8-9H2,1H3. The summed E-state index contributed by atoms with van der Waals surface area (Å²) in [7, 11) is 0. The second-order valence-electron chi connectivity index (χ2n) is 5.00. The van der Waals surface area contributed by atoms with Crippen LogP contribution in [0.1, 0.15) is 24.3 Å². The molecule has 1 atom stereocenters. The third kappa shape index (κ3) is 2.92. The third-order valence-corrected chi connectivity index (χ3v) is 4.54. The van der Waals surface area contributed by atoms with Crippen molar-refractivity contribution < 1.29 is 0 Å². The summed E-state index contributed by atoms with van der Waals surface area (Å²) in [4.78, 5) is 5.42. The van der Waals surface area contributed by atoms with E-state index in [4.69, 9.17) is 0 Å². The Bertz CT molecular complexity index is 657. The average molecular weight is 285 g/mol. The molecule has 2 aromatic heterocycles. The van der Waals surface area contributed by atoms with Crippen molar-refractivity contribution in [2.45, 2.75) is 25.9 Å². The van der Waals surface area contributed by atoms with Crippen LogP contribution in [-0.2, 0) is 6.54 Å². The molecule has 0 saturated heterocycles. The van der Waals surface area contributed by atoms with E-state index in [2.05, 4.69) is 58.3 Å². The number of benzene rings is 1. The summed E-state index contributed by atoms with van der Waals surface area (Å²) in [5.41, 5.74) is 3.21. The Kier molecular flexibility index (Phi) is 4.14. The average Bonchev–Trinajstić information content (AvgIpc) is 3.13. The van der Waals surface area contributed by atoms with E-state index in [-0.39, 0.29) is 0 Å². The van der Waals surface area contributed by atoms with E-state index in [1.807, 2.05) is 11.7 Å². The molecule has 0 saturated carbocycles. The van der Waals surface area contributed by atoms with Crippen LogP contribution in [-0.4, -0.2) is 16.1 Å². The van der Waals surface area contributed by atoms with Gasteiger partial charge in [-0.25, -0.2) is 0 Å². The lowest BCUT2D eigenvalue weighted by molar-refractivity contribution is 0.536. The summed E-state index contributed by atoms with van der Waals surface area (Å²) in [6.07, 6.45) is 5.25. The van der Waals surface area contributed by atoms with Gasteiger partial charge in [-0.15, -0.1) is 11.3 Å². The highest BCUT2D eigenvalue weighted by Gasteiger charge is 2.05. The normalized spacial score (nSPS) is 12.8. The molecule has 3 aromatic rings. The van der Waals surface area contributed by atoms with Crippen LogP contribution in [0.3, 0.4) is 0 Å². The number of fused-ring (bicyclic) bond motifs is 1. The van der Waals surface area contributed by atoms with Gasteiger partial charge in [0.05, 0.1) is 5.51 Å². The van der Waals surface area contributed by atoms with Gasteiger partial charge in [0.2, 0.25) is 0 Å². The van der Waals surface area contributed by atoms with E-state index < -0.39 is 0 Å². The molecular formula is C16H19N3S. The molecule has 0 fully saturated rings. The Morgan fingerprint density at radius 1 is 1.30 bits per heavy atom. The first-order chi connectivity index (χ1) is 9.84. The van der Waals surface area contributed by atoms with Gasteiger partial charge in [-0.1, -0.05) is 18.2 Å². The predicted octanol–water partition coefficient (Wildman–Crippen LogP) is 3.84. The van der Waals surface area contributed by atoms with Crippen LogP contribution >= 0.6 is 11.3 Å². The summed E-state index contributed by atoms with van der Waals surface area (Å²) in [5, 5.41) is 4.87. The van der Waals surface area contributed by atoms with Gasteiger partial charge in [-0.2, -0.15) is 0 Å². The van der Waals surface area contributed by atoms with Crippen LogP contribution in [0.4, 0.5) is 0 Å². The molecule has 1 aromatic carbocycles. The minimum atomic E-state index is 0.393. The molecule has 3 rings (SSSR count). The monoisotopic (exact) mass is 285 g/mol. The van der Waals surface area contributed by atoms with E-state index in [1.54, 1.807) is 11.3 Å². The highest BCUT2D eigenvalue weighted by molar-refractivity contribution is 7.09. The van der Waals surface area contributed by atoms with Crippen molar-refractivity contribution in [2.24, 2.45) is 0 Å². The van der Waals surface area contributed by atoms with Gasteiger partial charge in [0, 0.05) is 35.4 Å². The summed E-state index contributed by atoms with van der Waals surface area (Å²) in [6.45, 7) is 4.26. The maximum Gasteiger partial charge on any atom is 0.0794 e. The molecule has 20 heavy (non-hydrogen) atoms. The van der Waals surface area contributed by atoms with Crippen LogP contribution in [0.15, 0.2) is 48.2 Å². The Balaban J connectivity index is 1.50. The molecule has 4 heteroatoms. The number of nitrogens with zero attached hydrogens (tertiary/aromatic N) is 2. The van der Waals surface area contributed by atoms with E-state index in [1.165, 1.54) is 15.8 Å². The van der Waals surface area contributed by atoms with Gasteiger partial charge in [-0.05, 0) is 37.4 Å². The lowest BCUT2D eigenvalue weighted by atomic mass is 10.2. The Morgan fingerprint density at radius 2 is 2.20 bits per heavy atom. The van der Waals surface area contributed by atoms with Gasteiger partial charge >= 0.3 is 0 Å². The number of nitrogens with one attached hydrogen (secondary N) is 1.